The SMILES string of the molecule is CC[C@@H](C)NC(=O)[C@@H](Cc1ccccc1)N(Cc1ccccc1F)C(=O)CN(c1ccccc1)S(C)(=O)=O. The lowest BCUT2D eigenvalue weighted by molar-refractivity contribution is -0.140. The van der Waals surface area contributed by atoms with Gasteiger partial charge in [-0.1, -0.05) is 73.7 Å². The van der Waals surface area contributed by atoms with Crippen molar-refractivity contribution >= 4 is 27.5 Å². The summed E-state index contributed by atoms with van der Waals surface area (Å²) in [7, 11) is -3.84. The van der Waals surface area contributed by atoms with E-state index in [1.54, 1.807) is 48.5 Å². The van der Waals surface area contributed by atoms with E-state index in [0.29, 0.717) is 12.1 Å². The Morgan fingerprint density at radius 1 is 0.921 bits per heavy atom. The van der Waals surface area contributed by atoms with Crippen molar-refractivity contribution in [2.75, 3.05) is 17.1 Å². The number of nitrogens with one attached hydrogen (secondary N) is 1. The fraction of sp³-hybridized carbons (Fsp3) is 0.310. The molecule has 2 atom stereocenters. The van der Waals surface area contributed by atoms with E-state index in [1.165, 1.54) is 11.0 Å². The number of rotatable bonds is 12. The van der Waals surface area contributed by atoms with Gasteiger partial charge in [-0.05, 0) is 37.1 Å². The predicted octanol–water partition coefficient (Wildman–Crippen LogP) is 4.15. The normalized spacial score (nSPS) is 12.8. The van der Waals surface area contributed by atoms with Gasteiger partial charge in [-0.15, -0.1) is 0 Å². The second-order valence-electron chi connectivity index (χ2n) is 9.24. The van der Waals surface area contributed by atoms with E-state index in [9.17, 15) is 22.4 Å². The molecule has 0 saturated carbocycles. The van der Waals surface area contributed by atoms with Gasteiger partial charge in [0.05, 0.1) is 11.9 Å². The van der Waals surface area contributed by atoms with Gasteiger partial charge in [-0.3, -0.25) is 13.9 Å². The molecule has 38 heavy (non-hydrogen) atoms. The Morgan fingerprint density at radius 3 is 2.08 bits per heavy atom. The molecule has 0 radical (unpaired) electrons. The number of halogens is 1. The van der Waals surface area contributed by atoms with E-state index < -0.39 is 40.2 Å². The zero-order valence-electron chi connectivity index (χ0n) is 21.9. The van der Waals surface area contributed by atoms with Crippen LogP contribution in [0.3, 0.4) is 0 Å². The third kappa shape index (κ3) is 7.89. The fourth-order valence-corrected chi connectivity index (χ4v) is 4.86. The lowest BCUT2D eigenvalue weighted by Crippen LogP contribution is -2.54. The number of para-hydroxylation sites is 1. The molecule has 202 valence electrons. The molecule has 7 nitrogen and oxygen atoms in total. The van der Waals surface area contributed by atoms with Crippen molar-refractivity contribution in [2.45, 2.75) is 45.3 Å². The number of hydrogen-bond donors (Lipinski definition) is 1. The number of sulfonamides is 1. The maximum absolute atomic E-state index is 14.7. The van der Waals surface area contributed by atoms with Gasteiger partial charge in [0.2, 0.25) is 21.8 Å². The Morgan fingerprint density at radius 2 is 1.50 bits per heavy atom. The molecule has 0 fully saturated rings. The molecular formula is C29H34FN3O4S. The van der Waals surface area contributed by atoms with E-state index in [0.717, 1.165) is 16.1 Å². The van der Waals surface area contributed by atoms with Gasteiger partial charge >= 0.3 is 0 Å². The number of amides is 2. The summed E-state index contributed by atoms with van der Waals surface area (Å²) in [4.78, 5) is 28.7. The van der Waals surface area contributed by atoms with Crippen molar-refractivity contribution in [1.29, 1.82) is 0 Å². The Labute approximate surface area is 224 Å². The topological polar surface area (TPSA) is 86.8 Å². The molecule has 2 amide bonds. The number of hydrogen-bond acceptors (Lipinski definition) is 4. The van der Waals surface area contributed by atoms with Crippen LogP contribution in [0.4, 0.5) is 10.1 Å². The number of carbonyl (C=O) groups excluding carboxylic acids is 2. The first-order valence-electron chi connectivity index (χ1n) is 12.5. The summed E-state index contributed by atoms with van der Waals surface area (Å²) < 4.78 is 41.1. The first-order chi connectivity index (χ1) is 18.1. The molecule has 0 aliphatic rings. The average Bonchev–Trinajstić information content (AvgIpc) is 2.90. The minimum absolute atomic E-state index is 0.150. The van der Waals surface area contributed by atoms with Gasteiger partial charge in [-0.2, -0.15) is 0 Å². The molecule has 0 aliphatic heterocycles. The van der Waals surface area contributed by atoms with Gasteiger partial charge < -0.3 is 10.2 Å². The van der Waals surface area contributed by atoms with Crippen LogP contribution in [-0.2, 0) is 32.6 Å². The van der Waals surface area contributed by atoms with Crippen molar-refractivity contribution in [3.8, 4) is 0 Å². The number of anilines is 1. The highest BCUT2D eigenvalue weighted by Crippen LogP contribution is 2.21. The van der Waals surface area contributed by atoms with Crippen molar-refractivity contribution in [1.82, 2.24) is 10.2 Å². The van der Waals surface area contributed by atoms with Crippen LogP contribution < -0.4 is 9.62 Å². The third-order valence-corrected chi connectivity index (χ3v) is 7.43. The van der Waals surface area contributed by atoms with Crippen molar-refractivity contribution < 1.29 is 22.4 Å². The van der Waals surface area contributed by atoms with Crippen LogP contribution in [0.25, 0.3) is 0 Å². The summed E-state index contributed by atoms with van der Waals surface area (Å²) in [6.45, 7) is 3.05. The molecule has 3 aromatic rings. The van der Waals surface area contributed by atoms with Crippen LogP contribution in [0.2, 0.25) is 0 Å². The fourth-order valence-electron chi connectivity index (χ4n) is 4.01. The summed E-state index contributed by atoms with van der Waals surface area (Å²) in [6, 6.07) is 22.4. The Hall–Kier alpha value is -3.72. The van der Waals surface area contributed by atoms with Gasteiger partial charge in [0.1, 0.15) is 18.4 Å². The van der Waals surface area contributed by atoms with E-state index in [4.69, 9.17) is 0 Å². The Bertz CT molecular complexity index is 1320. The van der Waals surface area contributed by atoms with Crippen LogP contribution >= 0.6 is 0 Å². The predicted molar refractivity (Wildman–Crippen MR) is 147 cm³/mol. The monoisotopic (exact) mass is 539 g/mol. The van der Waals surface area contributed by atoms with Crippen LogP contribution in [0.5, 0.6) is 0 Å². The van der Waals surface area contributed by atoms with Gasteiger partial charge in [0.15, 0.2) is 0 Å². The molecule has 3 aromatic carbocycles. The van der Waals surface area contributed by atoms with Gasteiger partial charge in [0, 0.05) is 24.6 Å². The van der Waals surface area contributed by atoms with Crippen LogP contribution in [-0.4, -0.2) is 50.0 Å². The first kappa shape index (κ1) is 28.8. The largest absolute Gasteiger partial charge is 0.352 e. The second kappa shape index (κ2) is 13.2. The minimum atomic E-state index is -3.84. The summed E-state index contributed by atoms with van der Waals surface area (Å²) >= 11 is 0. The molecule has 0 spiro atoms. The Balaban J connectivity index is 2.05. The van der Waals surface area contributed by atoms with Gasteiger partial charge in [-0.25, -0.2) is 12.8 Å². The zero-order valence-corrected chi connectivity index (χ0v) is 22.7. The van der Waals surface area contributed by atoms with E-state index >= 15 is 0 Å². The number of carbonyl (C=O) groups is 2. The van der Waals surface area contributed by atoms with Crippen LogP contribution in [0, 0.1) is 5.82 Å². The molecule has 3 rings (SSSR count). The molecule has 0 unspecified atom stereocenters. The molecule has 0 aliphatic carbocycles. The van der Waals surface area contributed by atoms with Crippen molar-refractivity contribution in [2.24, 2.45) is 0 Å². The summed E-state index contributed by atoms with van der Waals surface area (Å²) in [5.74, 6) is -1.53. The van der Waals surface area contributed by atoms with Crippen molar-refractivity contribution in [3.05, 3.63) is 102 Å². The smallest absolute Gasteiger partial charge is 0.244 e. The highest BCUT2D eigenvalue weighted by Gasteiger charge is 2.33. The van der Waals surface area contributed by atoms with Crippen LogP contribution in [0.1, 0.15) is 31.4 Å². The molecule has 0 saturated heterocycles. The quantitative estimate of drug-likeness (QED) is 0.375. The Kier molecular flexibility index (Phi) is 10.0. The second-order valence-corrected chi connectivity index (χ2v) is 11.1. The maximum Gasteiger partial charge on any atom is 0.244 e. The average molecular weight is 540 g/mol. The first-order valence-corrected chi connectivity index (χ1v) is 14.3. The highest BCUT2D eigenvalue weighted by atomic mass is 32.2. The zero-order chi connectivity index (χ0) is 27.7. The molecular weight excluding hydrogens is 505 g/mol. The highest BCUT2D eigenvalue weighted by molar-refractivity contribution is 7.92. The molecule has 9 heteroatoms. The number of benzene rings is 3. The van der Waals surface area contributed by atoms with E-state index in [-0.39, 0.29) is 24.6 Å². The lowest BCUT2D eigenvalue weighted by atomic mass is 10.0. The minimum Gasteiger partial charge on any atom is -0.352 e. The standard InChI is InChI=1S/C29H34FN3O4S/c1-4-22(2)31-29(35)27(19-23-13-7-5-8-14-23)32(20-24-15-11-12-18-26(24)30)28(34)21-33(38(3,36)37)25-16-9-6-10-17-25/h5-18,22,27H,4,19-21H2,1-3H3,(H,31,35)/t22-,27-/m1/s1. The van der Waals surface area contributed by atoms with Gasteiger partial charge in [0.25, 0.3) is 0 Å². The third-order valence-electron chi connectivity index (χ3n) is 6.29. The summed E-state index contributed by atoms with van der Waals surface area (Å²) in [6.07, 6.45) is 1.88. The molecule has 1 N–H and O–H groups in total. The number of nitrogens with zero attached hydrogens (tertiary/aromatic N) is 2. The lowest BCUT2D eigenvalue weighted by Gasteiger charge is -2.34. The molecule has 0 aromatic heterocycles. The maximum atomic E-state index is 14.7. The summed E-state index contributed by atoms with van der Waals surface area (Å²) in [5, 5.41) is 2.94. The van der Waals surface area contributed by atoms with E-state index in [1.807, 2.05) is 44.2 Å². The molecule has 0 bridgehead atoms. The molecule has 0 heterocycles. The van der Waals surface area contributed by atoms with E-state index in [2.05, 4.69) is 5.32 Å². The van der Waals surface area contributed by atoms with Crippen LogP contribution in [0.15, 0.2) is 84.9 Å². The summed E-state index contributed by atoms with van der Waals surface area (Å²) in [5.41, 5.74) is 1.35. The van der Waals surface area contributed by atoms with Crippen molar-refractivity contribution in [3.63, 3.8) is 0 Å².